The highest BCUT2D eigenvalue weighted by Gasteiger charge is 2.15. The lowest BCUT2D eigenvalue weighted by Crippen LogP contribution is -2.28. The summed E-state index contributed by atoms with van der Waals surface area (Å²) in [5.41, 5.74) is 2.83. The molecule has 1 unspecified atom stereocenters. The van der Waals surface area contributed by atoms with E-state index in [1.807, 2.05) is 55.5 Å². The Morgan fingerprint density at radius 2 is 1.93 bits per heavy atom. The normalized spacial score (nSPS) is 12.1. The van der Waals surface area contributed by atoms with Crippen LogP contribution in [0.15, 0.2) is 67.3 Å². The summed E-state index contributed by atoms with van der Waals surface area (Å²) < 4.78 is 7.00. The molecule has 0 spiro atoms. The van der Waals surface area contributed by atoms with Crippen molar-refractivity contribution in [2.75, 3.05) is 14.2 Å². The van der Waals surface area contributed by atoms with Gasteiger partial charge in [-0.1, -0.05) is 30.3 Å². The summed E-state index contributed by atoms with van der Waals surface area (Å²) in [6, 6.07) is 15.4. The summed E-state index contributed by atoms with van der Waals surface area (Å²) >= 11 is 0. The van der Waals surface area contributed by atoms with Gasteiger partial charge in [0.15, 0.2) is 0 Å². The third-order valence-electron chi connectivity index (χ3n) is 4.53. The Hall–Kier alpha value is -3.41. The molecule has 1 aromatic heterocycles. The molecule has 0 fully saturated rings. The van der Waals surface area contributed by atoms with Gasteiger partial charge < -0.3 is 9.64 Å². The maximum absolute atomic E-state index is 12.6. The molecule has 3 aromatic rings. The Balaban J connectivity index is 1.70. The van der Waals surface area contributed by atoms with Gasteiger partial charge in [0.2, 0.25) is 5.91 Å². The number of benzene rings is 2. The van der Waals surface area contributed by atoms with Crippen molar-refractivity contribution < 1.29 is 9.53 Å². The molecule has 6 nitrogen and oxygen atoms in total. The van der Waals surface area contributed by atoms with Gasteiger partial charge in [-0.3, -0.25) is 4.79 Å². The molecule has 0 bridgehead atoms. The second-order valence-corrected chi connectivity index (χ2v) is 6.13. The maximum Gasteiger partial charge on any atom is 0.246 e. The first kappa shape index (κ1) is 18.4. The minimum Gasteiger partial charge on any atom is -0.496 e. The number of ether oxygens (including phenoxy) is 1. The smallest absolute Gasteiger partial charge is 0.246 e. The summed E-state index contributed by atoms with van der Waals surface area (Å²) in [5, 5.41) is 4.11. The molecule has 0 aliphatic rings. The van der Waals surface area contributed by atoms with Crippen LogP contribution in [-0.4, -0.2) is 39.7 Å². The molecule has 6 heteroatoms. The molecule has 0 aliphatic carbocycles. The fourth-order valence-corrected chi connectivity index (χ4v) is 2.74. The Kier molecular flexibility index (Phi) is 5.66. The predicted molar refractivity (Wildman–Crippen MR) is 105 cm³/mol. The van der Waals surface area contributed by atoms with Crippen molar-refractivity contribution in [2.24, 2.45) is 0 Å². The van der Waals surface area contributed by atoms with Gasteiger partial charge in [-0.2, -0.15) is 5.10 Å². The van der Waals surface area contributed by atoms with Crippen molar-refractivity contribution in [3.63, 3.8) is 0 Å². The van der Waals surface area contributed by atoms with Crippen LogP contribution in [0.5, 0.6) is 5.75 Å². The van der Waals surface area contributed by atoms with Gasteiger partial charge in [-0.05, 0) is 36.8 Å². The molecule has 1 amide bonds. The van der Waals surface area contributed by atoms with Crippen molar-refractivity contribution in [3.8, 4) is 11.4 Å². The zero-order valence-electron chi connectivity index (χ0n) is 15.6. The number of hydrogen-bond acceptors (Lipinski definition) is 4. The Bertz CT molecular complexity index is 918. The Morgan fingerprint density at radius 3 is 2.59 bits per heavy atom. The van der Waals surface area contributed by atoms with Crippen LogP contribution in [0.1, 0.15) is 24.1 Å². The highest BCUT2D eigenvalue weighted by atomic mass is 16.5. The lowest BCUT2D eigenvalue weighted by atomic mass is 10.1. The fourth-order valence-electron chi connectivity index (χ4n) is 2.74. The highest BCUT2D eigenvalue weighted by molar-refractivity contribution is 5.92. The van der Waals surface area contributed by atoms with Crippen LogP contribution in [0, 0.1) is 0 Å². The number of aromatic nitrogens is 3. The average Bonchev–Trinajstić information content (AvgIpc) is 3.26. The van der Waals surface area contributed by atoms with Crippen LogP contribution in [0.3, 0.4) is 0 Å². The minimum absolute atomic E-state index is 0.0652. The van der Waals surface area contributed by atoms with Crippen molar-refractivity contribution >= 4 is 12.0 Å². The second-order valence-electron chi connectivity index (χ2n) is 6.13. The van der Waals surface area contributed by atoms with Crippen molar-refractivity contribution in [1.82, 2.24) is 19.7 Å². The van der Waals surface area contributed by atoms with Crippen LogP contribution in [0.25, 0.3) is 11.8 Å². The number of nitrogens with zero attached hydrogens (tertiary/aromatic N) is 4. The molecule has 0 saturated heterocycles. The standard InChI is InChI=1S/C21H22N4O2/c1-16(17-8-11-19(12-9-17)25-15-22-14-23-25)24(2)21(26)13-10-18-6-4-5-7-20(18)27-3/h4-16H,1-3H3/b13-10+. The number of rotatable bonds is 6. The van der Waals surface area contributed by atoms with E-state index in [1.165, 1.54) is 6.33 Å². The van der Waals surface area contributed by atoms with Gasteiger partial charge in [0.1, 0.15) is 18.4 Å². The number of methoxy groups -OCH3 is 1. The molecule has 0 radical (unpaired) electrons. The molecular weight excluding hydrogens is 340 g/mol. The van der Waals surface area contributed by atoms with E-state index in [9.17, 15) is 4.79 Å². The van der Waals surface area contributed by atoms with E-state index in [0.29, 0.717) is 0 Å². The zero-order valence-corrected chi connectivity index (χ0v) is 15.6. The van der Waals surface area contributed by atoms with E-state index in [2.05, 4.69) is 10.1 Å². The largest absolute Gasteiger partial charge is 0.496 e. The number of likely N-dealkylation sites (N-methyl/N-ethyl adjacent to an activating group) is 1. The number of carbonyl (C=O) groups excluding carboxylic acids is 1. The highest BCUT2D eigenvalue weighted by Crippen LogP contribution is 2.22. The number of amides is 1. The Morgan fingerprint density at radius 1 is 1.19 bits per heavy atom. The van der Waals surface area contributed by atoms with Gasteiger partial charge in [0.25, 0.3) is 0 Å². The van der Waals surface area contributed by atoms with E-state index in [4.69, 9.17) is 4.74 Å². The predicted octanol–water partition coefficient (Wildman–Crippen LogP) is 3.51. The first-order chi connectivity index (χ1) is 13.1. The number of para-hydroxylation sites is 1. The molecular formula is C21H22N4O2. The van der Waals surface area contributed by atoms with E-state index < -0.39 is 0 Å². The van der Waals surface area contributed by atoms with Crippen LogP contribution >= 0.6 is 0 Å². The van der Waals surface area contributed by atoms with Gasteiger partial charge in [0.05, 0.1) is 18.8 Å². The summed E-state index contributed by atoms with van der Waals surface area (Å²) in [6.45, 7) is 2.00. The van der Waals surface area contributed by atoms with E-state index in [1.54, 1.807) is 42.2 Å². The molecule has 138 valence electrons. The molecule has 0 saturated carbocycles. The first-order valence-electron chi connectivity index (χ1n) is 8.63. The molecule has 3 rings (SSSR count). The second kappa shape index (κ2) is 8.31. The Labute approximate surface area is 158 Å². The van der Waals surface area contributed by atoms with Crippen molar-refractivity contribution in [2.45, 2.75) is 13.0 Å². The molecule has 1 atom stereocenters. The molecule has 0 N–H and O–H groups in total. The van der Waals surface area contributed by atoms with E-state index in [-0.39, 0.29) is 11.9 Å². The van der Waals surface area contributed by atoms with E-state index in [0.717, 1.165) is 22.6 Å². The summed E-state index contributed by atoms with van der Waals surface area (Å²) in [6.07, 6.45) is 6.49. The third kappa shape index (κ3) is 4.23. The lowest BCUT2D eigenvalue weighted by Gasteiger charge is -2.24. The number of hydrogen-bond donors (Lipinski definition) is 0. The quantitative estimate of drug-likeness (QED) is 0.630. The van der Waals surface area contributed by atoms with E-state index >= 15 is 0 Å². The maximum atomic E-state index is 12.6. The minimum atomic E-state index is -0.0752. The molecule has 2 aromatic carbocycles. The van der Waals surface area contributed by atoms with Gasteiger partial charge in [-0.15, -0.1) is 0 Å². The molecule has 0 aliphatic heterocycles. The zero-order chi connectivity index (χ0) is 19.2. The van der Waals surface area contributed by atoms with Crippen molar-refractivity contribution in [1.29, 1.82) is 0 Å². The number of carbonyl (C=O) groups is 1. The summed E-state index contributed by atoms with van der Waals surface area (Å²) in [4.78, 5) is 18.2. The van der Waals surface area contributed by atoms with Crippen LogP contribution in [0.2, 0.25) is 0 Å². The molecule has 1 heterocycles. The van der Waals surface area contributed by atoms with Gasteiger partial charge in [0, 0.05) is 18.7 Å². The van der Waals surface area contributed by atoms with Gasteiger partial charge >= 0.3 is 0 Å². The monoisotopic (exact) mass is 362 g/mol. The summed E-state index contributed by atoms with van der Waals surface area (Å²) in [5.74, 6) is 0.662. The van der Waals surface area contributed by atoms with Crippen LogP contribution < -0.4 is 4.74 Å². The SMILES string of the molecule is COc1ccccc1/C=C/C(=O)N(C)C(C)c1ccc(-n2cncn2)cc1. The van der Waals surface area contributed by atoms with Crippen LogP contribution in [0.4, 0.5) is 0 Å². The fraction of sp³-hybridized carbons (Fsp3) is 0.190. The molecule has 27 heavy (non-hydrogen) atoms. The topological polar surface area (TPSA) is 60.2 Å². The lowest BCUT2D eigenvalue weighted by molar-refractivity contribution is -0.126. The summed E-state index contributed by atoms with van der Waals surface area (Å²) in [7, 11) is 3.41. The van der Waals surface area contributed by atoms with Crippen molar-refractivity contribution in [3.05, 3.63) is 78.4 Å². The van der Waals surface area contributed by atoms with Crippen LogP contribution in [-0.2, 0) is 4.79 Å². The third-order valence-corrected chi connectivity index (χ3v) is 4.53. The average molecular weight is 362 g/mol. The first-order valence-corrected chi connectivity index (χ1v) is 8.63. The van der Waals surface area contributed by atoms with Gasteiger partial charge in [-0.25, -0.2) is 9.67 Å².